The predicted molar refractivity (Wildman–Crippen MR) is 83.9 cm³/mol. The van der Waals surface area contributed by atoms with Gasteiger partial charge in [-0.3, -0.25) is 0 Å². The van der Waals surface area contributed by atoms with Crippen molar-refractivity contribution in [1.29, 1.82) is 5.26 Å². The monoisotopic (exact) mass is 287 g/mol. The van der Waals surface area contributed by atoms with E-state index in [1.807, 2.05) is 6.07 Å². The molecule has 1 aromatic heterocycles. The lowest BCUT2D eigenvalue weighted by Crippen LogP contribution is -2.48. The van der Waals surface area contributed by atoms with Crippen molar-refractivity contribution >= 4 is 5.95 Å². The standard InChI is InChI=1S/C16H25N5/c1-16(2,7-4-8-17)13-20-14-6-3-11-21(12-14)15-18-9-5-10-19-15/h5,9-10,14,20H,3-4,6-7,11-13H2,1-2H3. The normalized spacial score (nSPS) is 19.3. The van der Waals surface area contributed by atoms with E-state index < -0.39 is 0 Å². The Labute approximate surface area is 127 Å². The summed E-state index contributed by atoms with van der Waals surface area (Å²) in [4.78, 5) is 10.9. The van der Waals surface area contributed by atoms with Gasteiger partial charge in [-0.1, -0.05) is 13.8 Å². The van der Waals surface area contributed by atoms with Crippen LogP contribution >= 0.6 is 0 Å². The van der Waals surface area contributed by atoms with E-state index in [4.69, 9.17) is 5.26 Å². The van der Waals surface area contributed by atoms with Gasteiger partial charge < -0.3 is 10.2 Å². The highest BCUT2D eigenvalue weighted by atomic mass is 15.3. The first-order valence-corrected chi connectivity index (χ1v) is 7.73. The molecule has 21 heavy (non-hydrogen) atoms. The Balaban J connectivity index is 1.83. The van der Waals surface area contributed by atoms with Gasteiger partial charge in [0, 0.05) is 44.5 Å². The SMILES string of the molecule is CC(C)(CCC#N)CNC1CCCN(c2ncccn2)C1. The van der Waals surface area contributed by atoms with Crippen LogP contribution in [0.3, 0.4) is 0 Å². The van der Waals surface area contributed by atoms with Crippen LogP contribution < -0.4 is 10.2 Å². The molecule has 0 amide bonds. The summed E-state index contributed by atoms with van der Waals surface area (Å²) in [7, 11) is 0. The van der Waals surface area contributed by atoms with Gasteiger partial charge in [0.1, 0.15) is 0 Å². The lowest BCUT2D eigenvalue weighted by atomic mass is 9.87. The molecule has 1 aromatic rings. The van der Waals surface area contributed by atoms with E-state index in [2.05, 4.69) is 40.1 Å². The Morgan fingerprint density at radius 2 is 2.19 bits per heavy atom. The Hall–Kier alpha value is -1.67. The summed E-state index contributed by atoms with van der Waals surface area (Å²) in [5, 5.41) is 12.4. The summed E-state index contributed by atoms with van der Waals surface area (Å²) >= 11 is 0. The molecule has 1 aliphatic heterocycles. The highest BCUT2D eigenvalue weighted by Crippen LogP contribution is 2.22. The summed E-state index contributed by atoms with van der Waals surface area (Å²) in [5.74, 6) is 0.827. The van der Waals surface area contributed by atoms with E-state index in [-0.39, 0.29) is 5.41 Å². The van der Waals surface area contributed by atoms with Crippen molar-refractivity contribution in [2.45, 2.75) is 45.6 Å². The third-order valence-electron chi connectivity index (χ3n) is 4.04. The maximum absolute atomic E-state index is 8.72. The molecule has 0 aliphatic carbocycles. The largest absolute Gasteiger partial charge is 0.339 e. The molecule has 1 aliphatic rings. The van der Waals surface area contributed by atoms with Gasteiger partial charge in [-0.15, -0.1) is 0 Å². The molecule has 1 saturated heterocycles. The molecule has 2 rings (SSSR count). The smallest absolute Gasteiger partial charge is 0.225 e. The van der Waals surface area contributed by atoms with E-state index >= 15 is 0 Å². The molecule has 1 unspecified atom stereocenters. The zero-order valence-corrected chi connectivity index (χ0v) is 13.0. The molecule has 0 bridgehead atoms. The van der Waals surface area contributed by atoms with Crippen LogP contribution in [-0.2, 0) is 0 Å². The molecular weight excluding hydrogens is 262 g/mol. The summed E-state index contributed by atoms with van der Waals surface area (Å²) in [5.41, 5.74) is 0.168. The van der Waals surface area contributed by atoms with E-state index in [0.29, 0.717) is 12.5 Å². The molecule has 2 heterocycles. The third kappa shape index (κ3) is 4.98. The number of hydrogen-bond donors (Lipinski definition) is 1. The van der Waals surface area contributed by atoms with E-state index in [1.54, 1.807) is 12.4 Å². The number of nitrogens with zero attached hydrogens (tertiary/aromatic N) is 4. The minimum absolute atomic E-state index is 0.168. The molecule has 5 nitrogen and oxygen atoms in total. The Morgan fingerprint density at radius 1 is 1.43 bits per heavy atom. The minimum atomic E-state index is 0.168. The number of nitrogens with one attached hydrogen (secondary N) is 1. The average Bonchev–Trinajstić information content (AvgIpc) is 2.52. The molecule has 114 valence electrons. The number of aromatic nitrogens is 2. The summed E-state index contributed by atoms with van der Waals surface area (Å²) in [6.45, 7) is 7.37. The Kier molecular flexibility index (Phi) is 5.51. The van der Waals surface area contributed by atoms with Crippen molar-refractivity contribution in [2.75, 3.05) is 24.5 Å². The highest BCUT2D eigenvalue weighted by Gasteiger charge is 2.24. The van der Waals surface area contributed by atoms with E-state index in [9.17, 15) is 0 Å². The first kappa shape index (κ1) is 15.7. The van der Waals surface area contributed by atoms with Crippen LogP contribution in [0.15, 0.2) is 18.5 Å². The van der Waals surface area contributed by atoms with Crippen LogP contribution in [0.5, 0.6) is 0 Å². The summed E-state index contributed by atoms with van der Waals surface area (Å²) < 4.78 is 0. The zero-order valence-electron chi connectivity index (χ0n) is 13.0. The molecule has 0 radical (unpaired) electrons. The van der Waals surface area contributed by atoms with Crippen molar-refractivity contribution in [1.82, 2.24) is 15.3 Å². The molecule has 5 heteroatoms. The first-order valence-electron chi connectivity index (χ1n) is 7.73. The van der Waals surface area contributed by atoms with E-state index in [1.165, 1.54) is 6.42 Å². The molecule has 0 saturated carbocycles. The molecular formula is C16H25N5. The number of hydrogen-bond acceptors (Lipinski definition) is 5. The second-order valence-electron chi connectivity index (χ2n) is 6.54. The van der Waals surface area contributed by atoms with Gasteiger partial charge in [0.25, 0.3) is 0 Å². The van der Waals surface area contributed by atoms with Crippen molar-refractivity contribution in [2.24, 2.45) is 5.41 Å². The van der Waals surface area contributed by atoms with Crippen LogP contribution in [0.25, 0.3) is 0 Å². The molecule has 0 spiro atoms. The van der Waals surface area contributed by atoms with Crippen LogP contribution in [0, 0.1) is 16.7 Å². The fourth-order valence-electron chi connectivity index (χ4n) is 2.68. The van der Waals surface area contributed by atoms with Crippen LogP contribution in [0.4, 0.5) is 5.95 Å². The van der Waals surface area contributed by atoms with E-state index in [0.717, 1.165) is 38.4 Å². The van der Waals surface area contributed by atoms with Crippen molar-refractivity contribution in [3.63, 3.8) is 0 Å². The quantitative estimate of drug-likeness (QED) is 0.870. The zero-order chi connectivity index (χ0) is 15.1. The van der Waals surface area contributed by atoms with Crippen LogP contribution in [0.1, 0.15) is 39.5 Å². The van der Waals surface area contributed by atoms with Gasteiger partial charge in [-0.25, -0.2) is 9.97 Å². The Morgan fingerprint density at radius 3 is 2.90 bits per heavy atom. The van der Waals surface area contributed by atoms with Gasteiger partial charge in [-0.2, -0.15) is 5.26 Å². The molecule has 1 N–H and O–H groups in total. The second-order valence-corrected chi connectivity index (χ2v) is 6.54. The fraction of sp³-hybridized carbons (Fsp3) is 0.688. The van der Waals surface area contributed by atoms with Gasteiger partial charge in [0.05, 0.1) is 6.07 Å². The topological polar surface area (TPSA) is 64.8 Å². The van der Waals surface area contributed by atoms with Crippen LogP contribution in [0.2, 0.25) is 0 Å². The average molecular weight is 287 g/mol. The predicted octanol–water partition coefficient (Wildman–Crippen LogP) is 2.36. The maximum Gasteiger partial charge on any atom is 0.225 e. The third-order valence-corrected chi connectivity index (χ3v) is 4.04. The molecule has 1 atom stereocenters. The number of nitriles is 1. The first-order chi connectivity index (χ1) is 10.1. The van der Waals surface area contributed by atoms with Gasteiger partial charge >= 0.3 is 0 Å². The molecule has 0 aromatic carbocycles. The lowest BCUT2D eigenvalue weighted by molar-refractivity contribution is 0.287. The fourth-order valence-corrected chi connectivity index (χ4v) is 2.68. The van der Waals surface area contributed by atoms with Gasteiger partial charge in [0.2, 0.25) is 5.95 Å². The number of anilines is 1. The second kappa shape index (κ2) is 7.37. The number of piperidine rings is 1. The summed E-state index contributed by atoms with van der Waals surface area (Å²) in [6.07, 6.45) is 7.51. The van der Waals surface area contributed by atoms with Crippen molar-refractivity contribution in [3.8, 4) is 6.07 Å². The van der Waals surface area contributed by atoms with Crippen molar-refractivity contribution in [3.05, 3.63) is 18.5 Å². The summed E-state index contributed by atoms with van der Waals surface area (Å²) in [6, 6.07) is 4.56. The highest BCUT2D eigenvalue weighted by molar-refractivity contribution is 5.29. The minimum Gasteiger partial charge on any atom is -0.339 e. The van der Waals surface area contributed by atoms with Crippen molar-refractivity contribution < 1.29 is 0 Å². The molecule has 1 fully saturated rings. The number of rotatable bonds is 6. The van der Waals surface area contributed by atoms with Gasteiger partial charge in [-0.05, 0) is 30.7 Å². The Bertz CT molecular complexity index is 465. The van der Waals surface area contributed by atoms with Crippen LogP contribution in [-0.4, -0.2) is 35.6 Å². The maximum atomic E-state index is 8.72. The lowest BCUT2D eigenvalue weighted by Gasteiger charge is -2.35. The van der Waals surface area contributed by atoms with Gasteiger partial charge in [0.15, 0.2) is 0 Å².